The van der Waals surface area contributed by atoms with Crippen LogP contribution in [0.4, 0.5) is 10.5 Å². The van der Waals surface area contributed by atoms with Gasteiger partial charge in [-0.3, -0.25) is 0 Å². The van der Waals surface area contributed by atoms with Crippen molar-refractivity contribution in [2.45, 2.75) is 32.2 Å². The number of aromatic nitrogens is 2. The van der Waals surface area contributed by atoms with Gasteiger partial charge in [0.15, 0.2) is 0 Å². The minimum atomic E-state index is -0.317. The molecular weight excluding hydrogens is 510 g/mol. The number of primary amides is 1. The number of nitrogens with two attached hydrogens (primary N) is 2. The molecule has 0 bridgehead atoms. The fourth-order valence-corrected chi connectivity index (χ4v) is 5.43. The van der Waals surface area contributed by atoms with Gasteiger partial charge in [0, 0.05) is 35.0 Å². The molecule has 158 valence electrons. The lowest BCUT2D eigenvalue weighted by atomic mass is 9.96. The van der Waals surface area contributed by atoms with Gasteiger partial charge in [0.2, 0.25) is 0 Å². The largest absolute Gasteiger partial charge is 0.397 e. The molecule has 1 aliphatic heterocycles. The van der Waals surface area contributed by atoms with Gasteiger partial charge in [0.25, 0.3) is 0 Å². The van der Waals surface area contributed by atoms with E-state index in [1.54, 1.807) is 4.90 Å². The Bertz CT molecular complexity index is 1050. The summed E-state index contributed by atoms with van der Waals surface area (Å²) in [5.74, 6) is 1.61. The molecule has 0 atom stereocenters. The van der Waals surface area contributed by atoms with Gasteiger partial charge in [-0.05, 0) is 86.9 Å². The SMILES string of the molecule is NC(=O)N1CCC(Cn2c(CCc3cc(Br)c(N)c(Br)c3)nc3ccccc32)CC1. The average Bonchev–Trinajstić information content (AvgIpc) is 3.08. The fourth-order valence-electron chi connectivity index (χ4n) is 4.15. The first-order chi connectivity index (χ1) is 14.4. The highest BCUT2D eigenvalue weighted by atomic mass is 79.9. The van der Waals surface area contributed by atoms with Gasteiger partial charge in [0.05, 0.1) is 16.7 Å². The number of fused-ring (bicyclic) bond motifs is 1. The number of likely N-dealkylation sites (tertiary alicyclic amines) is 1. The van der Waals surface area contributed by atoms with E-state index in [1.807, 2.05) is 6.07 Å². The predicted octanol–water partition coefficient (Wildman–Crippen LogP) is 4.72. The number of hydrogen-bond acceptors (Lipinski definition) is 3. The maximum Gasteiger partial charge on any atom is 0.314 e. The fraction of sp³-hybridized carbons (Fsp3) is 0.364. The number of carbonyl (C=O) groups excluding carboxylic acids is 1. The molecule has 0 spiro atoms. The van der Waals surface area contributed by atoms with Crippen LogP contribution in [0.5, 0.6) is 0 Å². The number of benzene rings is 2. The zero-order valence-corrected chi connectivity index (χ0v) is 19.8. The van der Waals surface area contributed by atoms with Crippen LogP contribution in [-0.4, -0.2) is 33.6 Å². The van der Waals surface area contributed by atoms with Crippen molar-refractivity contribution >= 4 is 54.6 Å². The number of nitrogen functional groups attached to an aromatic ring is 1. The van der Waals surface area contributed by atoms with E-state index < -0.39 is 0 Å². The number of aryl methyl sites for hydroxylation is 2. The number of para-hydroxylation sites is 2. The van der Waals surface area contributed by atoms with Crippen LogP contribution in [0.2, 0.25) is 0 Å². The number of piperidine rings is 1. The third-order valence-corrected chi connectivity index (χ3v) is 7.19. The van der Waals surface area contributed by atoms with Gasteiger partial charge < -0.3 is 20.9 Å². The van der Waals surface area contributed by atoms with Crippen molar-refractivity contribution < 1.29 is 4.79 Å². The first-order valence-corrected chi connectivity index (χ1v) is 11.7. The van der Waals surface area contributed by atoms with E-state index in [2.05, 4.69) is 66.8 Å². The summed E-state index contributed by atoms with van der Waals surface area (Å²) in [5.41, 5.74) is 15.6. The van der Waals surface area contributed by atoms with Crippen LogP contribution in [0.1, 0.15) is 24.2 Å². The zero-order valence-electron chi connectivity index (χ0n) is 16.7. The van der Waals surface area contributed by atoms with Crippen LogP contribution in [0.15, 0.2) is 45.3 Å². The molecule has 1 saturated heterocycles. The Morgan fingerprint density at radius 3 is 2.43 bits per heavy atom. The van der Waals surface area contributed by atoms with Gasteiger partial charge in [0.1, 0.15) is 5.82 Å². The second-order valence-electron chi connectivity index (χ2n) is 7.87. The van der Waals surface area contributed by atoms with Crippen LogP contribution in [0.25, 0.3) is 11.0 Å². The summed E-state index contributed by atoms with van der Waals surface area (Å²) < 4.78 is 4.17. The summed E-state index contributed by atoms with van der Waals surface area (Å²) in [6, 6.07) is 12.1. The Hall–Kier alpha value is -2.06. The second-order valence-corrected chi connectivity index (χ2v) is 9.58. The highest BCUT2D eigenvalue weighted by molar-refractivity contribution is 9.11. The first kappa shape index (κ1) is 21.2. The molecule has 2 heterocycles. The number of rotatable bonds is 5. The zero-order chi connectivity index (χ0) is 21.3. The van der Waals surface area contributed by atoms with Gasteiger partial charge >= 0.3 is 6.03 Å². The highest BCUT2D eigenvalue weighted by Gasteiger charge is 2.23. The molecule has 1 aliphatic rings. The Kier molecular flexibility index (Phi) is 6.34. The summed E-state index contributed by atoms with van der Waals surface area (Å²) in [4.78, 5) is 18.1. The van der Waals surface area contributed by atoms with E-state index in [4.69, 9.17) is 16.5 Å². The highest BCUT2D eigenvalue weighted by Crippen LogP contribution is 2.30. The van der Waals surface area contributed by atoms with Crippen LogP contribution < -0.4 is 11.5 Å². The predicted molar refractivity (Wildman–Crippen MR) is 127 cm³/mol. The number of urea groups is 1. The molecule has 0 unspecified atom stereocenters. The lowest BCUT2D eigenvalue weighted by Gasteiger charge is -2.31. The first-order valence-electron chi connectivity index (χ1n) is 10.1. The Morgan fingerprint density at radius 1 is 1.10 bits per heavy atom. The molecule has 1 aromatic heterocycles. The van der Waals surface area contributed by atoms with E-state index in [-0.39, 0.29) is 6.03 Å². The number of halogens is 2. The number of anilines is 1. The van der Waals surface area contributed by atoms with E-state index in [0.29, 0.717) is 11.6 Å². The molecule has 30 heavy (non-hydrogen) atoms. The number of imidazole rings is 1. The molecule has 0 radical (unpaired) electrons. The topological polar surface area (TPSA) is 90.2 Å². The van der Waals surface area contributed by atoms with Crippen molar-refractivity contribution in [2.75, 3.05) is 18.8 Å². The molecule has 1 fully saturated rings. The van der Waals surface area contributed by atoms with Crippen molar-refractivity contribution in [1.82, 2.24) is 14.5 Å². The van der Waals surface area contributed by atoms with Crippen LogP contribution >= 0.6 is 31.9 Å². The third kappa shape index (κ3) is 4.49. The molecule has 2 amide bonds. The molecular formula is C22H25Br2N5O. The van der Waals surface area contributed by atoms with Gasteiger partial charge in [-0.1, -0.05) is 12.1 Å². The Labute approximate surface area is 192 Å². The normalized spacial score (nSPS) is 15.1. The third-order valence-electron chi connectivity index (χ3n) is 5.88. The molecule has 4 N–H and O–H groups in total. The summed E-state index contributed by atoms with van der Waals surface area (Å²) in [6.45, 7) is 2.38. The maximum atomic E-state index is 11.4. The number of amides is 2. The van der Waals surface area contributed by atoms with E-state index in [0.717, 1.165) is 65.6 Å². The number of nitrogens with zero attached hydrogens (tertiary/aromatic N) is 3. The second kappa shape index (κ2) is 8.98. The summed E-state index contributed by atoms with van der Waals surface area (Å²) in [7, 11) is 0. The van der Waals surface area contributed by atoms with Crippen molar-refractivity contribution in [3.05, 3.63) is 56.7 Å². The quantitative estimate of drug-likeness (QED) is 0.464. The maximum absolute atomic E-state index is 11.4. The molecule has 0 saturated carbocycles. The molecule has 4 rings (SSSR count). The number of carbonyl (C=O) groups is 1. The Morgan fingerprint density at radius 2 is 1.77 bits per heavy atom. The van der Waals surface area contributed by atoms with E-state index in [1.165, 1.54) is 11.1 Å². The lowest BCUT2D eigenvalue weighted by Crippen LogP contribution is -2.42. The van der Waals surface area contributed by atoms with Crippen LogP contribution in [-0.2, 0) is 19.4 Å². The summed E-state index contributed by atoms with van der Waals surface area (Å²) >= 11 is 7.07. The average molecular weight is 535 g/mol. The Balaban J connectivity index is 1.54. The number of hydrogen-bond donors (Lipinski definition) is 2. The van der Waals surface area contributed by atoms with E-state index in [9.17, 15) is 4.79 Å². The lowest BCUT2D eigenvalue weighted by molar-refractivity contribution is 0.173. The minimum Gasteiger partial charge on any atom is -0.397 e. The van der Waals surface area contributed by atoms with Gasteiger partial charge in [-0.25, -0.2) is 9.78 Å². The van der Waals surface area contributed by atoms with Crippen molar-refractivity contribution in [3.8, 4) is 0 Å². The van der Waals surface area contributed by atoms with Crippen LogP contribution in [0.3, 0.4) is 0 Å². The monoisotopic (exact) mass is 533 g/mol. The van der Waals surface area contributed by atoms with Crippen molar-refractivity contribution in [1.29, 1.82) is 0 Å². The minimum absolute atomic E-state index is 0.317. The smallest absolute Gasteiger partial charge is 0.314 e. The summed E-state index contributed by atoms with van der Waals surface area (Å²) in [5, 5.41) is 0. The molecule has 0 aliphatic carbocycles. The van der Waals surface area contributed by atoms with Crippen molar-refractivity contribution in [3.63, 3.8) is 0 Å². The van der Waals surface area contributed by atoms with E-state index >= 15 is 0 Å². The van der Waals surface area contributed by atoms with Crippen LogP contribution in [0, 0.1) is 5.92 Å². The molecule has 2 aromatic carbocycles. The molecule has 6 nitrogen and oxygen atoms in total. The standard InChI is InChI=1S/C22H25Br2N5O/c23-16-11-15(12-17(24)21(16)25)5-6-20-27-18-3-1-2-4-19(18)29(20)13-14-7-9-28(10-8-14)22(26)30/h1-4,11-12,14H,5-10,13,25H2,(H2,26,30). The van der Waals surface area contributed by atoms with Crippen molar-refractivity contribution in [2.24, 2.45) is 11.7 Å². The summed E-state index contributed by atoms with van der Waals surface area (Å²) in [6.07, 6.45) is 3.65. The molecule has 3 aromatic rings. The van der Waals surface area contributed by atoms with Gasteiger partial charge in [-0.2, -0.15) is 0 Å². The van der Waals surface area contributed by atoms with Gasteiger partial charge in [-0.15, -0.1) is 0 Å². The molecule has 8 heteroatoms.